The lowest BCUT2D eigenvalue weighted by molar-refractivity contribution is 0.357. The van der Waals surface area contributed by atoms with Crippen molar-refractivity contribution >= 4 is 11.6 Å². The molecule has 1 aromatic rings. The lowest BCUT2D eigenvalue weighted by Crippen LogP contribution is -2.34. The highest BCUT2D eigenvalue weighted by molar-refractivity contribution is 6.30. The van der Waals surface area contributed by atoms with Gasteiger partial charge < -0.3 is 10.2 Å². The normalized spacial score (nSPS) is 13.0. The maximum atomic E-state index is 13.7. The fourth-order valence-electron chi connectivity index (χ4n) is 1.93. The summed E-state index contributed by atoms with van der Waals surface area (Å²) >= 11 is 5.76. The van der Waals surface area contributed by atoms with Gasteiger partial charge in [-0.1, -0.05) is 24.6 Å². The number of likely N-dealkylation sites (N-methyl/N-ethyl adjacent to an activating group) is 1. The van der Waals surface area contributed by atoms with E-state index in [1.807, 2.05) is 14.1 Å². The van der Waals surface area contributed by atoms with Gasteiger partial charge in [0.2, 0.25) is 0 Å². The van der Waals surface area contributed by atoms with Gasteiger partial charge in [0.1, 0.15) is 5.82 Å². The first-order chi connectivity index (χ1) is 8.52. The maximum absolute atomic E-state index is 13.7. The molecule has 18 heavy (non-hydrogen) atoms. The first-order valence-electron chi connectivity index (χ1n) is 6.35. The van der Waals surface area contributed by atoms with E-state index in [4.69, 9.17) is 11.6 Å². The van der Waals surface area contributed by atoms with Gasteiger partial charge in [0.25, 0.3) is 0 Å². The van der Waals surface area contributed by atoms with Crippen molar-refractivity contribution in [1.29, 1.82) is 0 Å². The monoisotopic (exact) mass is 272 g/mol. The summed E-state index contributed by atoms with van der Waals surface area (Å²) < 4.78 is 13.7. The minimum absolute atomic E-state index is 0.213. The van der Waals surface area contributed by atoms with E-state index >= 15 is 0 Å². The van der Waals surface area contributed by atoms with Crippen molar-refractivity contribution in [3.8, 4) is 0 Å². The summed E-state index contributed by atoms with van der Waals surface area (Å²) in [5.41, 5.74) is 0.726. The van der Waals surface area contributed by atoms with E-state index in [0.29, 0.717) is 17.5 Å². The Bertz CT molecular complexity index is 369. The van der Waals surface area contributed by atoms with Crippen LogP contribution in [0, 0.1) is 5.82 Å². The van der Waals surface area contributed by atoms with Crippen molar-refractivity contribution in [1.82, 2.24) is 10.2 Å². The van der Waals surface area contributed by atoms with Gasteiger partial charge in [0.05, 0.1) is 0 Å². The zero-order chi connectivity index (χ0) is 13.5. The van der Waals surface area contributed by atoms with E-state index < -0.39 is 0 Å². The summed E-state index contributed by atoms with van der Waals surface area (Å²) in [5.74, 6) is -0.213. The number of rotatable bonds is 7. The summed E-state index contributed by atoms with van der Waals surface area (Å²) in [6, 6.07) is 5.20. The summed E-state index contributed by atoms with van der Waals surface area (Å²) in [5, 5.41) is 3.85. The van der Waals surface area contributed by atoms with E-state index in [1.54, 1.807) is 12.1 Å². The number of hydrogen-bond acceptors (Lipinski definition) is 2. The van der Waals surface area contributed by atoms with Gasteiger partial charge in [-0.05, 0) is 57.7 Å². The quantitative estimate of drug-likeness (QED) is 0.821. The van der Waals surface area contributed by atoms with Crippen LogP contribution in [-0.4, -0.2) is 38.1 Å². The highest BCUT2D eigenvalue weighted by Gasteiger charge is 2.12. The van der Waals surface area contributed by atoms with Crippen molar-refractivity contribution in [2.75, 3.05) is 27.2 Å². The molecule has 0 saturated heterocycles. The van der Waals surface area contributed by atoms with Gasteiger partial charge in [0.15, 0.2) is 0 Å². The minimum Gasteiger partial charge on any atom is -0.314 e. The molecule has 2 nitrogen and oxygen atoms in total. The van der Waals surface area contributed by atoms with E-state index in [0.717, 1.165) is 25.1 Å². The molecule has 0 aliphatic rings. The Balaban J connectivity index is 2.64. The van der Waals surface area contributed by atoms with Crippen LogP contribution < -0.4 is 5.32 Å². The summed E-state index contributed by atoms with van der Waals surface area (Å²) in [6.07, 6.45) is 1.70. The zero-order valence-electron chi connectivity index (χ0n) is 11.3. The highest BCUT2D eigenvalue weighted by atomic mass is 35.5. The van der Waals surface area contributed by atoms with Gasteiger partial charge in [-0.2, -0.15) is 0 Å². The fraction of sp³-hybridized carbons (Fsp3) is 0.571. The molecule has 0 heterocycles. The molecule has 1 unspecified atom stereocenters. The fourth-order valence-corrected chi connectivity index (χ4v) is 2.09. The van der Waals surface area contributed by atoms with E-state index in [-0.39, 0.29) is 5.82 Å². The first kappa shape index (κ1) is 15.4. The van der Waals surface area contributed by atoms with E-state index in [1.165, 1.54) is 6.07 Å². The zero-order valence-corrected chi connectivity index (χ0v) is 12.1. The molecule has 1 atom stereocenters. The molecule has 1 aromatic carbocycles. The Labute approximate surface area is 114 Å². The van der Waals surface area contributed by atoms with Gasteiger partial charge >= 0.3 is 0 Å². The van der Waals surface area contributed by atoms with Crippen LogP contribution in [0.25, 0.3) is 0 Å². The second-order valence-corrected chi connectivity index (χ2v) is 5.22. The smallest absolute Gasteiger partial charge is 0.127 e. The third-order valence-electron chi connectivity index (χ3n) is 2.90. The average molecular weight is 273 g/mol. The van der Waals surface area contributed by atoms with Gasteiger partial charge in [-0.3, -0.25) is 0 Å². The second-order valence-electron chi connectivity index (χ2n) is 4.79. The molecule has 0 aromatic heterocycles. The molecule has 0 spiro atoms. The van der Waals surface area contributed by atoms with Crippen molar-refractivity contribution in [2.24, 2.45) is 0 Å². The first-order valence-corrected chi connectivity index (χ1v) is 6.72. The van der Waals surface area contributed by atoms with Gasteiger partial charge in [-0.25, -0.2) is 4.39 Å². The summed E-state index contributed by atoms with van der Waals surface area (Å²) in [6.45, 7) is 3.96. The standard InChI is InChI=1S/C14H22ClFN2/c1-4-17-13(7-8-18(2)3)9-11-5-6-12(15)10-14(11)16/h5-6,10,13,17H,4,7-9H2,1-3H3. The molecule has 102 valence electrons. The van der Waals surface area contributed by atoms with Crippen molar-refractivity contribution in [2.45, 2.75) is 25.8 Å². The number of halogens is 2. The van der Waals surface area contributed by atoms with Crippen molar-refractivity contribution in [3.63, 3.8) is 0 Å². The third-order valence-corrected chi connectivity index (χ3v) is 3.13. The molecule has 0 aliphatic carbocycles. The van der Waals surface area contributed by atoms with Gasteiger partial charge in [0, 0.05) is 11.1 Å². The van der Waals surface area contributed by atoms with Crippen LogP contribution in [0.15, 0.2) is 18.2 Å². The van der Waals surface area contributed by atoms with Crippen LogP contribution in [0.4, 0.5) is 4.39 Å². The van der Waals surface area contributed by atoms with Crippen LogP contribution >= 0.6 is 11.6 Å². The van der Waals surface area contributed by atoms with Crippen molar-refractivity contribution in [3.05, 3.63) is 34.6 Å². The lowest BCUT2D eigenvalue weighted by atomic mass is 10.0. The largest absolute Gasteiger partial charge is 0.314 e. The highest BCUT2D eigenvalue weighted by Crippen LogP contribution is 2.16. The molecule has 0 radical (unpaired) electrons. The molecule has 0 aliphatic heterocycles. The molecule has 0 fully saturated rings. The Morgan fingerprint density at radius 1 is 1.39 bits per heavy atom. The van der Waals surface area contributed by atoms with Crippen LogP contribution in [0.3, 0.4) is 0 Å². The van der Waals surface area contributed by atoms with Gasteiger partial charge in [-0.15, -0.1) is 0 Å². The number of nitrogens with one attached hydrogen (secondary N) is 1. The SMILES string of the molecule is CCNC(CCN(C)C)Cc1ccc(Cl)cc1F. The molecule has 0 amide bonds. The van der Waals surface area contributed by atoms with Crippen molar-refractivity contribution < 1.29 is 4.39 Å². The topological polar surface area (TPSA) is 15.3 Å². The molecule has 0 bridgehead atoms. The second kappa shape index (κ2) is 7.72. The van der Waals surface area contributed by atoms with Crippen LogP contribution in [-0.2, 0) is 6.42 Å². The number of hydrogen-bond donors (Lipinski definition) is 1. The Morgan fingerprint density at radius 2 is 2.11 bits per heavy atom. The maximum Gasteiger partial charge on any atom is 0.127 e. The lowest BCUT2D eigenvalue weighted by Gasteiger charge is -2.20. The van der Waals surface area contributed by atoms with E-state index in [2.05, 4.69) is 17.1 Å². The third kappa shape index (κ3) is 5.34. The Kier molecular flexibility index (Phi) is 6.61. The number of nitrogens with zero attached hydrogens (tertiary/aromatic N) is 1. The predicted octanol–water partition coefficient (Wildman–Crippen LogP) is 2.95. The van der Waals surface area contributed by atoms with Crippen LogP contribution in [0.2, 0.25) is 5.02 Å². The number of benzene rings is 1. The summed E-state index contributed by atoms with van der Waals surface area (Å²) in [7, 11) is 4.09. The van der Waals surface area contributed by atoms with Crippen LogP contribution in [0.1, 0.15) is 18.9 Å². The van der Waals surface area contributed by atoms with Crippen LogP contribution in [0.5, 0.6) is 0 Å². The Morgan fingerprint density at radius 3 is 2.67 bits per heavy atom. The molecule has 4 heteroatoms. The summed E-state index contributed by atoms with van der Waals surface area (Å²) in [4.78, 5) is 2.14. The average Bonchev–Trinajstić information content (AvgIpc) is 2.29. The molecule has 1 N–H and O–H groups in total. The molecule has 1 rings (SSSR count). The molecular weight excluding hydrogens is 251 g/mol. The Hall–Kier alpha value is -0.640. The molecular formula is C14H22ClFN2. The van der Waals surface area contributed by atoms with E-state index in [9.17, 15) is 4.39 Å². The molecule has 0 saturated carbocycles. The minimum atomic E-state index is -0.213. The predicted molar refractivity (Wildman–Crippen MR) is 75.7 cm³/mol.